The molecule has 0 spiro atoms. The maximum absolute atomic E-state index is 12.6. The zero-order valence-corrected chi connectivity index (χ0v) is 22.3. The van der Waals surface area contributed by atoms with Crippen molar-refractivity contribution in [1.29, 1.82) is 0 Å². The fraction of sp³-hybridized carbons (Fsp3) is 0.727. The van der Waals surface area contributed by atoms with Crippen LogP contribution in [0.15, 0.2) is 12.7 Å². The monoisotopic (exact) mass is 542 g/mol. The molecule has 0 aromatic rings. The van der Waals surface area contributed by atoms with Crippen LogP contribution in [0.5, 0.6) is 0 Å². The first-order valence-corrected chi connectivity index (χ1v) is 12.4. The molecule has 196 valence electrons. The topological polar surface area (TPSA) is 140 Å². The number of hydrogen-bond acceptors (Lipinski definition) is 6. The number of rotatable bonds is 16. The number of nitrogens with one attached hydrogen (secondary N) is 3. The zero-order chi connectivity index (χ0) is 26.3. The van der Waals surface area contributed by atoms with E-state index < -0.39 is 46.3 Å². The molecule has 0 bridgehead atoms. The highest BCUT2D eigenvalue weighted by Crippen LogP contribution is 2.26. The summed E-state index contributed by atoms with van der Waals surface area (Å²) in [7, 11) is 0. The van der Waals surface area contributed by atoms with E-state index in [1.807, 2.05) is 13.8 Å². The van der Waals surface area contributed by atoms with Crippen LogP contribution in [0.2, 0.25) is 0 Å². The van der Waals surface area contributed by atoms with Gasteiger partial charge in [-0.3, -0.25) is 19.2 Å². The Labute approximate surface area is 216 Å². The molecule has 0 saturated heterocycles. The minimum absolute atomic E-state index is 0.157. The number of alkyl halides is 3. The summed E-state index contributed by atoms with van der Waals surface area (Å²) < 4.78 is 3.09. The van der Waals surface area contributed by atoms with Crippen LogP contribution in [0, 0.1) is 5.92 Å². The molecule has 0 radical (unpaired) electrons. The van der Waals surface area contributed by atoms with Crippen molar-refractivity contribution >= 4 is 58.5 Å². The number of amides is 3. The largest absolute Gasteiger partial charge is 0.460 e. The van der Waals surface area contributed by atoms with Gasteiger partial charge in [-0.1, -0.05) is 54.7 Å². The Bertz CT molecular complexity index is 686. The lowest BCUT2D eigenvalue weighted by Crippen LogP contribution is -2.54. The second-order valence-corrected chi connectivity index (χ2v) is 10.8. The van der Waals surface area contributed by atoms with Gasteiger partial charge in [-0.2, -0.15) is 0 Å². The first kappa shape index (κ1) is 32.5. The highest BCUT2D eigenvalue weighted by atomic mass is 35.6. The van der Waals surface area contributed by atoms with E-state index in [0.717, 1.165) is 12.8 Å². The summed E-state index contributed by atoms with van der Waals surface area (Å²) in [6.45, 7) is 8.64. The first-order chi connectivity index (χ1) is 15.8. The van der Waals surface area contributed by atoms with Gasteiger partial charge in [0.05, 0.1) is 0 Å². The normalized spacial score (nSPS) is 14.0. The number of unbranched alkanes of at least 4 members (excludes halogenated alkanes) is 2. The molecule has 9 nitrogen and oxygen atoms in total. The number of ether oxygens (including phenoxy) is 1. The third kappa shape index (κ3) is 15.4. The van der Waals surface area contributed by atoms with Gasteiger partial charge in [0.25, 0.3) is 0 Å². The third-order valence-electron chi connectivity index (χ3n) is 4.75. The Morgan fingerprint density at radius 1 is 1.03 bits per heavy atom. The summed E-state index contributed by atoms with van der Waals surface area (Å²) in [6.07, 6.45) is 5.15. The fourth-order valence-corrected chi connectivity index (χ4v) is 2.95. The van der Waals surface area contributed by atoms with Gasteiger partial charge in [0.2, 0.25) is 21.5 Å². The van der Waals surface area contributed by atoms with Gasteiger partial charge in [-0.05, 0) is 44.9 Å². The second-order valence-electron chi connectivity index (χ2n) is 8.32. The molecule has 3 atom stereocenters. The van der Waals surface area contributed by atoms with E-state index >= 15 is 0 Å². The Hall–Kier alpha value is -1.55. The van der Waals surface area contributed by atoms with E-state index in [4.69, 9.17) is 45.3 Å². The maximum Gasteiger partial charge on any atom is 0.323 e. The minimum Gasteiger partial charge on any atom is -0.460 e. The minimum atomic E-state index is -1.72. The molecule has 0 aromatic heterocycles. The van der Waals surface area contributed by atoms with E-state index in [9.17, 15) is 19.2 Å². The van der Waals surface area contributed by atoms with Crippen molar-refractivity contribution in [1.82, 2.24) is 16.0 Å². The van der Waals surface area contributed by atoms with E-state index in [1.165, 1.54) is 0 Å². The molecule has 0 aliphatic rings. The van der Waals surface area contributed by atoms with Crippen molar-refractivity contribution in [3.8, 4) is 0 Å². The standard InChI is InChI=1S/C22H37Cl3N4O5/c1-5-6-7-8-11-17(30)29-18(14(2)3)20(32)28-15(4)19(31)27-12-9-10-16(26)21(33)34-13-22(23,24)25/h5,14-16,18H,1,6-13,26H2,2-4H3,(H,27,31)(H,28,32)(H,29,30). The molecule has 0 aromatic carbocycles. The van der Waals surface area contributed by atoms with E-state index in [-0.39, 0.29) is 24.8 Å². The highest BCUT2D eigenvalue weighted by Gasteiger charge is 2.27. The number of hydrogen-bond donors (Lipinski definition) is 4. The average molecular weight is 544 g/mol. The maximum atomic E-state index is 12.6. The van der Waals surface area contributed by atoms with Crippen molar-refractivity contribution in [3.05, 3.63) is 12.7 Å². The number of halogens is 3. The van der Waals surface area contributed by atoms with Crippen molar-refractivity contribution < 1.29 is 23.9 Å². The van der Waals surface area contributed by atoms with Crippen LogP contribution < -0.4 is 21.7 Å². The van der Waals surface area contributed by atoms with Gasteiger partial charge in [0.1, 0.15) is 24.7 Å². The molecule has 34 heavy (non-hydrogen) atoms. The predicted octanol–water partition coefficient (Wildman–Crippen LogP) is 2.52. The number of carbonyl (C=O) groups excluding carboxylic acids is 4. The van der Waals surface area contributed by atoms with Gasteiger partial charge in [-0.25, -0.2) is 0 Å². The number of esters is 1. The van der Waals surface area contributed by atoms with Gasteiger partial charge in [-0.15, -0.1) is 6.58 Å². The van der Waals surface area contributed by atoms with Crippen LogP contribution in [0.4, 0.5) is 0 Å². The summed E-state index contributed by atoms with van der Waals surface area (Å²) in [4.78, 5) is 48.8. The highest BCUT2D eigenvalue weighted by molar-refractivity contribution is 6.67. The van der Waals surface area contributed by atoms with Gasteiger partial charge < -0.3 is 26.4 Å². The van der Waals surface area contributed by atoms with Gasteiger partial charge in [0, 0.05) is 13.0 Å². The van der Waals surface area contributed by atoms with Crippen molar-refractivity contribution in [2.75, 3.05) is 13.2 Å². The van der Waals surface area contributed by atoms with Crippen molar-refractivity contribution in [3.63, 3.8) is 0 Å². The quantitative estimate of drug-likeness (QED) is 0.102. The van der Waals surface area contributed by atoms with Gasteiger partial charge >= 0.3 is 5.97 Å². The SMILES string of the molecule is C=CCCCCC(=O)NC(C(=O)NC(C)C(=O)NCCCC(N)C(=O)OCC(Cl)(Cl)Cl)C(C)C. The van der Waals surface area contributed by atoms with Crippen LogP contribution in [0.3, 0.4) is 0 Å². The van der Waals surface area contributed by atoms with E-state index in [2.05, 4.69) is 22.5 Å². The molecule has 12 heteroatoms. The molecule has 0 fully saturated rings. The summed E-state index contributed by atoms with van der Waals surface area (Å²) in [5, 5.41) is 8.03. The molecule has 0 heterocycles. The lowest BCUT2D eigenvalue weighted by atomic mass is 10.0. The molecular weight excluding hydrogens is 507 g/mol. The smallest absolute Gasteiger partial charge is 0.323 e. The zero-order valence-electron chi connectivity index (χ0n) is 20.0. The summed E-state index contributed by atoms with van der Waals surface area (Å²) in [5.74, 6) is -1.91. The number of allylic oxidation sites excluding steroid dienone is 1. The summed E-state index contributed by atoms with van der Waals surface area (Å²) in [5.41, 5.74) is 5.72. The summed E-state index contributed by atoms with van der Waals surface area (Å²) >= 11 is 16.5. The van der Waals surface area contributed by atoms with E-state index in [1.54, 1.807) is 13.0 Å². The van der Waals surface area contributed by atoms with E-state index in [0.29, 0.717) is 19.3 Å². The lowest BCUT2D eigenvalue weighted by Gasteiger charge is -2.24. The van der Waals surface area contributed by atoms with Crippen LogP contribution in [-0.4, -0.2) is 58.8 Å². The molecule has 0 aliphatic heterocycles. The predicted molar refractivity (Wildman–Crippen MR) is 135 cm³/mol. The Kier molecular flexibility index (Phi) is 16.2. The summed E-state index contributed by atoms with van der Waals surface area (Å²) in [6, 6.07) is -2.49. The van der Waals surface area contributed by atoms with Crippen LogP contribution in [0.1, 0.15) is 59.3 Å². The molecule has 0 aliphatic carbocycles. The van der Waals surface area contributed by atoms with Crippen LogP contribution in [-0.2, 0) is 23.9 Å². The third-order valence-corrected chi connectivity index (χ3v) is 5.08. The van der Waals surface area contributed by atoms with Crippen molar-refractivity contribution in [2.45, 2.75) is 81.2 Å². The molecule has 3 amide bonds. The lowest BCUT2D eigenvalue weighted by molar-refractivity contribution is -0.145. The Balaban J connectivity index is 4.41. The molecule has 5 N–H and O–H groups in total. The van der Waals surface area contributed by atoms with Crippen LogP contribution >= 0.6 is 34.8 Å². The van der Waals surface area contributed by atoms with Crippen molar-refractivity contribution in [2.24, 2.45) is 11.7 Å². The van der Waals surface area contributed by atoms with Gasteiger partial charge in [0.15, 0.2) is 0 Å². The molecule has 0 saturated carbocycles. The number of carbonyl (C=O) groups is 4. The molecular formula is C22H37Cl3N4O5. The number of nitrogens with two attached hydrogens (primary N) is 1. The van der Waals surface area contributed by atoms with Crippen LogP contribution in [0.25, 0.3) is 0 Å². The fourth-order valence-electron chi connectivity index (χ4n) is 2.79. The Morgan fingerprint density at radius 2 is 1.68 bits per heavy atom. The molecule has 3 unspecified atom stereocenters. The first-order valence-electron chi connectivity index (χ1n) is 11.3. The average Bonchev–Trinajstić information content (AvgIpc) is 2.74. The molecule has 0 rings (SSSR count). The second kappa shape index (κ2) is 17.0. The Morgan fingerprint density at radius 3 is 2.24 bits per heavy atom.